The van der Waals surface area contributed by atoms with E-state index in [1.807, 2.05) is 26.0 Å². The van der Waals surface area contributed by atoms with Crippen LogP contribution in [0.15, 0.2) is 60.9 Å². The summed E-state index contributed by atoms with van der Waals surface area (Å²) >= 11 is 0. The van der Waals surface area contributed by atoms with Gasteiger partial charge in [-0.1, -0.05) is 109 Å². The Morgan fingerprint density at radius 1 is 0.643 bits per heavy atom. The molecule has 4 rings (SSSR count). The Bertz CT molecular complexity index is 1310. The zero-order valence-electron chi connectivity index (χ0n) is 26.9. The third kappa shape index (κ3) is 7.82. The monoisotopic (exact) mass is 738 g/mol. The molecule has 1 aliphatic heterocycles. The van der Waals surface area contributed by atoms with Crippen LogP contribution in [-0.2, 0) is 22.4 Å². The number of terminal acetylenes is 1. The van der Waals surface area contributed by atoms with Gasteiger partial charge in [0, 0.05) is 33.8 Å². The van der Waals surface area contributed by atoms with Crippen molar-refractivity contribution in [1.82, 2.24) is 0 Å². The molecule has 0 bridgehead atoms. The second kappa shape index (κ2) is 15.4. The molecule has 0 aliphatic carbocycles. The molecule has 1 aliphatic rings. The number of anilines is 2. The van der Waals surface area contributed by atoms with Gasteiger partial charge in [0.15, 0.2) is 0 Å². The molecule has 224 valence electrons. The summed E-state index contributed by atoms with van der Waals surface area (Å²) in [5.74, 6) is 6.70. The zero-order chi connectivity index (χ0) is 30.4. The standard InChI is InChI=1S/C27H36N2.C12H9.Au/c1-18(2)22-11-9-12-23(19(3)4)26(22)28-15-16-29(17-28)27-24(20(5)6)13-10-14-25(27)21(7)8;1-5-11-7-9(3)10(4)8-12(11)6-2;/h9-16,18-21H,1-8H3;1,7-8H,3-4H3;/q2*-1;. The van der Waals surface area contributed by atoms with Gasteiger partial charge < -0.3 is 16.2 Å². The summed E-state index contributed by atoms with van der Waals surface area (Å²) in [6, 6.07) is 17.2. The van der Waals surface area contributed by atoms with Crippen molar-refractivity contribution in [2.45, 2.75) is 92.9 Å². The Balaban J connectivity index is 0.000000399. The Morgan fingerprint density at radius 3 is 1.26 bits per heavy atom. The van der Waals surface area contributed by atoms with Crippen molar-refractivity contribution in [2.75, 3.05) is 9.80 Å². The van der Waals surface area contributed by atoms with Crippen LogP contribution >= 0.6 is 0 Å². The average Bonchev–Trinajstić information content (AvgIpc) is 3.43. The van der Waals surface area contributed by atoms with Crippen LogP contribution in [0, 0.1) is 45.2 Å². The van der Waals surface area contributed by atoms with Crippen molar-refractivity contribution in [1.29, 1.82) is 0 Å². The molecule has 0 saturated carbocycles. The quantitative estimate of drug-likeness (QED) is 0.141. The predicted octanol–water partition coefficient (Wildman–Crippen LogP) is 10.2. The Hall–Kier alpha value is -3.14. The van der Waals surface area contributed by atoms with Gasteiger partial charge in [0.25, 0.3) is 0 Å². The van der Waals surface area contributed by atoms with Gasteiger partial charge in [-0.15, -0.1) is 18.1 Å². The van der Waals surface area contributed by atoms with Crippen LogP contribution in [0.4, 0.5) is 11.4 Å². The van der Waals surface area contributed by atoms with Gasteiger partial charge in [-0.05, 0) is 83.3 Å². The molecule has 0 aromatic heterocycles. The molecule has 3 aromatic rings. The van der Waals surface area contributed by atoms with Gasteiger partial charge >= 0.3 is 0 Å². The fourth-order valence-electron chi connectivity index (χ4n) is 5.18. The topological polar surface area (TPSA) is 6.48 Å². The fourth-order valence-corrected chi connectivity index (χ4v) is 5.18. The summed E-state index contributed by atoms with van der Waals surface area (Å²) in [5, 5.41) is 0. The normalized spacial score (nSPS) is 12.4. The van der Waals surface area contributed by atoms with E-state index < -0.39 is 0 Å². The molecule has 0 amide bonds. The molecule has 0 atom stereocenters. The van der Waals surface area contributed by atoms with Crippen molar-refractivity contribution in [3.05, 3.63) is 119 Å². The summed E-state index contributed by atoms with van der Waals surface area (Å²) in [7, 11) is 0. The first-order chi connectivity index (χ1) is 19.4. The molecular formula is C39H45AuN2-2. The van der Waals surface area contributed by atoms with E-state index in [1.54, 1.807) is 0 Å². The predicted molar refractivity (Wildman–Crippen MR) is 177 cm³/mol. The second-order valence-electron chi connectivity index (χ2n) is 12.1. The number of para-hydroxylation sites is 2. The van der Waals surface area contributed by atoms with E-state index in [0.717, 1.165) is 16.7 Å². The molecule has 3 heteroatoms. The molecule has 0 spiro atoms. The largest absolute Gasteiger partial charge is 0.504 e. The number of aryl methyl sites for hydroxylation is 2. The number of nitrogens with zero attached hydrogens (tertiary/aromatic N) is 2. The van der Waals surface area contributed by atoms with E-state index in [1.165, 1.54) is 33.6 Å². The van der Waals surface area contributed by atoms with Crippen LogP contribution < -0.4 is 9.80 Å². The maximum Gasteiger partial charge on any atom is 0.0175 e. The van der Waals surface area contributed by atoms with Gasteiger partial charge in [-0.3, -0.25) is 5.92 Å². The SMILES string of the molecule is CC(C)c1cccc(C(C)C)c1N1[C-]N(c2c(C(C)C)cccc2C(C)C)C=C1.[Au].[C-]#Cc1cc(C)c(C)cc1C#C. The molecule has 1 heterocycles. The Morgan fingerprint density at radius 2 is 0.976 bits per heavy atom. The molecule has 3 aromatic carbocycles. The van der Waals surface area contributed by atoms with Crippen LogP contribution in [0.5, 0.6) is 0 Å². The fraction of sp³-hybridized carbons (Fsp3) is 0.359. The third-order valence-corrected chi connectivity index (χ3v) is 7.67. The molecule has 0 fully saturated rings. The minimum atomic E-state index is 0. The first-order valence-electron chi connectivity index (χ1n) is 14.7. The molecular weight excluding hydrogens is 693 g/mol. The molecule has 2 radical (unpaired) electrons. The first kappa shape index (κ1) is 35.1. The molecule has 0 N–H and O–H groups in total. The van der Waals surface area contributed by atoms with E-state index in [9.17, 15) is 0 Å². The minimum absolute atomic E-state index is 0. The van der Waals surface area contributed by atoms with Crippen molar-refractivity contribution in [3.63, 3.8) is 0 Å². The summed E-state index contributed by atoms with van der Waals surface area (Å²) in [5.41, 5.74) is 11.8. The third-order valence-electron chi connectivity index (χ3n) is 7.67. The molecule has 0 saturated heterocycles. The van der Waals surface area contributed by atoms with Gasteiger partial charge in [-0.2, -0.15) is 0 Å². The molecule has 42 heavy (non-hydrogen) atoms. The number of rotatable bonds is 6. The summed E-state index contributed by atoms with van der Waals surface area (Å²) in [4.78, 5) is 4.40. The van der Waals surface area contributed by atoms with Crippen LogP contribution in [0.3, 0.4) is 0 Å². The Labute approximate surface area is 272 Å². The second-order valence-corrected chi connectivity index (χ2v) is 12.1. The van der Waals surface area contributed by atoms with Gasteiger partial charge in [0.2, 0.25) is 0 Å². The number of hydrogen-bond acceptors (Lipinski definition) is 2. The van der Waals surface area contributed by atoms with Crippen molar-refractivity contribution in [2.24, 2.45) is 0 Å². The van der Waals surface area contributed by atoms with Crippen LogP contribution in [0.25, 0.3) is 0 Å². The smallest absolute Gasteiger partial charge is 0.0175 e. The maximum atomic E-state index is 7.01. The zero-order valence-corrected chi connectivity index (χ0v) is 29.0. The van der Waals surface area contributed by atoms with Gasteiger partial charge in [0.05, 0.1) is 0 Å². The summed E-state index contributed by atoms with van der Waals surface area (Å²) < 4.78 is 0. The van der Waals surface area contributed by atoms with Crippen molar-refractivity contribution >= 4 is 11.4 Å². The van der Waals surface area contributed by atoms with Gasteiger partial charge in [0.1, 0.15) is 0 Å². The van der Waals surface area contributed by atoms with Crippen LogP contribution in [0.1, 0.15) is 124 Å². The van der Waals surface area contributed by atoms with E-state index in [-0.39, 0.29) is 22.4 Å². The van der Waals surface area contributed by atoms with E-state index in [2.05, 4.69) is 132 Å². The average molecular weight is 739 g/mol. The van der Waals surface area contributed by atoms with E-state index in [4.69, 9.17) is 12.8 Å². The van der Waals surface area contributed by atoms with Crippen molar-refractivity contribution < 1.29 is 22.4 Å². The Kier molecular flexibility index (Phi) is 12.8. The van der Waals surface area contributed by atoms with E-state index in [0.29, 0.717) is 29.2 Å². The molecule has 0 unspecified atom stereocenters. The van der Waals surface area contributed by atoms with Crippen LogP contribution in [-0.4, -0.2) is 0 Å². The summed E-state index contributed by atoms with van der Waals surface area (Å²) in [6.45, 7) is 25.8. The number of benzene rings is 3. The minimum Gasteiger partial charge on any atom is -0.504 e. The summed E-state index contributed by atoms with van der Waals surface area (Å²) in [6.07, 6.45) is 16.6. The maximum absolute atomic E-state index is 7.01. The van der Waals surface area contributed by atoms with Gasteiger partial charge in [-0.25, -0.2) is 6.67 Å². The molecule has 2 nitrogen and oxygen atoms in total. The first-order valence-corrected chi connectivity index (χ1v) is 14.7. The van der Waals surface area contributed by atoms with Crippen molar-refractivity contribution in [3.8, 4) is 18.3 Å². The van der Waals surface area contributed by atoms with Crippen LogP contribution in [0.2, 0.25) is 0 Å². The number of hydrogen-bond donors (Lipinski definition) is 0. The van der Waals surface area contributed by atoms with E-state index >= 15 is 0 Å².